The van der Waals surface area contributed by atoms with E-state index < -0.39 is 17.6 Å². The van der Waals surface area contributed by atoms with Gasteiger partial charge in [-0.15, -0.1) is 0 Å². The second-order valence-corrected chi connectivity index (χ2v) is 5.00. The van der Waals surface area contributed by atoms with Crippen molar-refractivity contribution >= 4 is 29.2 Å². The third-order valence-corrected chi connectivity index (χ3v) is 3.00. The van der Waals surface area contributed by atoms with E-state index in [0.29, 0.717) is 6.42 Å². The lowest BCUT2D eigenvalue weighted by Crippen LogP contribution is -2.33. The summed E-state index contributed by atoms with van der Waals surface area (Å²) in [5, 5.41) is 3.87. The molecule has 1 atom stereocenters. The number of nitrogens with zero attached hydrogens (tertiary/aromatic N) is 2. The van der Waals surface area contributed by atoms with Gasteiger partial charge in [-0.3, -0.25) is 4.79 Å². The zero-order valence-corrected chi connectivity index (χ0v) is 11.8. The first-order valence-corrected chi connectivity index (χ1v) is 6.15. The van der Waals surface area contributed by atoms with Crippen molar-refractivity contribution in [2.45, 2.75) is 26.3 Å². The normalized spacial score (nSPS) is 12.6. The summed E-state index contributed by atoms with van der Waals surface area (Å²) in [4.78, 5) is 23.5. The molecule has 0 aliphatic carbocycles. The van der Waals surface area contributed by atoms with Gasteiger partial charge in [0.25, 0.3) is 5.56 Å². The molecule has 7 heteroatoms. The summed E-state index contributed by atoms with van der Waals surface area (Å²) in [5.74, 6) is -0.339. The SMILES string of the molecule is COC(=O)C(CC(C)C)n1nc(Cl)c(Cl)cc1=O. The van der Waals surface area contributed by atoms with Crippen molar-refractivity contribution in [2.75, 3.05) is 7.11 Å². The van der Waals surface area contributed by atoms with Crippen molar-refractivity contribution in [3.63, 3.8) is 0 Å². The predicted octanol–water partition coefficient (Wildman–Crippen LogP) is 2.31. The Morgan fingerprint density at radius 2 is 2.11 bits per heavy atom. The van der Waals surface area contributed by atoms with Crippen molar-refractivity contribution in [3.05, 3.63) is 26.6 Å². The van der Waals surface area contributed by atoms with Crippen LogP contribution in [0.4, 0.5) is 0 Å². The molecule has 100 valence electrons. The van der Waals surface area contributed by atoms with Gasteiger partial charge in [0.05, 0.1) is 12.1 Å². The zero-order chi connectivity index (χ0) is 13.9. The first-order valence-electron chi connectivity index (χ1n) is 5.39. The average Bonchev–Trinajstić information content (AvgIpc) is 2.30. The number of carbonyl (C=O) groups excluding carboxylic acids is 1. The molecule has 0 spiro atoms. The molecule has 1 heterocycles. The van der Waals surface area contributed by atoms with Gasteiger partial charge < -0.3 is 4.74 Å². The highest BCUT2D eigenvalue weighted by molar-refractivity contribution is 6.41. The fourth-order valence-corrected chi connectivity index (χ4v) is 1.79. The Hall–Kier alpha value is -1.07. The molecule has 1 unspecified atom stereocenters. The van der Waals surface area contributed by atoms with E-state index in [-0.39, 0.29) is 16.1 Å². The average molecular weight is 293 g/mol. The lowest BCUT2D eigenvalue weighted by atomic mass is 10.0. The molecule has 0 bridgehead atoms. The second kappa shape index (κ2) is 6.20. The lowest BCUT2D eigenvalue weighted by Gasteiger charge is -2.18. The van der Waals surface area contributed by atoms with E-state index in [0.717, 1.165) is 10.7 Å². The van der Waals surface area contributed by atoms with Crippen molar-refractivity contribution < 1.29 is 9.53 Å². The third kappa shape index (κ3) is 3.46. The topological polar surface area (TPSA) is 61.2 Å². The minimum atomic E-state index is -0.794. The number of halogens is 2. The van der Waals surface area contributed by atoms with E-state index in [2.05, 4.69) is 9.84 Å². The summed E-state index contributed by atoms with van der Waals surface area (Å²) < 4.78 is 5.69. The summed E-state index contributed by atoms with van der Waals surface area (Å²) in [7, 11) is 1.26. The summed E-state index contributed by atoms with van der Waals surface area (Å²) in [6.45, 7) is 3.86. The molecule has 5 nitrogen and oxygen atoms in total. The molecule has 0 aliphatic heterocycles. The zero-order valence-electron chi connectivity index (χ0n) is 10.3. The highest BCUT2D eigenvalue weighted by Gasteiger charge is 2.25. The second-order valence-electron chi connectivity index (χ2n) is 4.23. The van der Waals surface area contributed by atoms with Gasteiger partial charge in [-0.25, -0.2) is 9.48 Å². The fraction of sp³-hybridized carbons (Fsp3) is 0.545. The minimum Gasteiger partial charge on any atom is -0.467 e. The lowest BCUT2D eigenvalue weighted by molar-refractivity contribution is -0.145. The van der Waals surface area contributed by atoms with Gasteiger partial charge in [-0.05, 0) is 12.3 Å². The Bertz CT molecular complexity index is 500. The van der Waals surface area contributed by atoms with Crippen molar-refractivity contribution in [3.8, 4) is 0 Å². The number of methoxy groups -OCH3 is 1. The standard InChI is InChI=1S/C11H14Cl2N2O3/c1-6(2)4-8(11(17)18-3)15-9(16)5-7(12)10(13)14-15/h5-6,8H,4H2,1-3H3. The molecule has 0 aliphatic rings. The molecule has 0 N–H and O–H groups in total. The highest BCUT2D eigenvalue weighted by Crippen LogP contribution is 2.20. The van der Waals surface area contributed by atoms with Crippen LogP contribution in [0.3, 0.4) is 0 Å². The minimum absolute atomic E-state index is 0.0195. The van der Waals surface area contributed by atoms with Gasteiger partial charge >= 0.3 is 5.97 Å². The van der Waals surface area contributed by atoms with Crippen LogP contribution in [0.15, 0.2) is 10.9 Å². The molecule has 18 heavy (non-hydrogen) atoms. The summed E-state index contributed by atoms with van der Waals surface area (Å²) in [6.07, 6.45) is 0.428. The molecule has 1 aromatic rings. The molecule has 0 amide bonds. The van der Waals surface area contributed by atoms with Crippen molar-refractivity contribution in [1.82, 2.24) is 9.78 Å². The van der Waals surface area contributed by atoms with Gasteiger partial charge in [0.1, 0.15) is 0 Å². The molecule has 0 radical (unpaired) electrons. The maximum absolute atomic E-state index is 11.8. The summed E-state index contributed by atoms with van der Waals surface area (Å²) in [5.41, 5.74) is -0.486. The highest BCUT2D eigenvalue weighted by atomic mass is 35.5. The van der Waals surface area contributed by atoms with Crippen LogP contribution >= 0.6 is 23.2 Å². The number of esters is 1. The number of carbonyl (C=O) groups is 1. The molecular formula is C11H14Cl2N2O3. The van der Waals surface area contributed by atoms with Crippen LogP contribution in [0.1, 0.15) is 26.3 Å². The van der Waals surface area contributed by atoms with E-state index in [9.17, 15) is 9.59 Å². The van der Waals surface area contributed by atoms with Gasteiger partial charge in [0.2, 0.25) is 0 Å². The first kappa shape index (κ1) is 15.0. The Morgan fingerprint density at radius 1 is 1.50 bits per heavy atom. The molecule has 1 aromatic heterocycles. The largest absolute Gasteiger partial charge is 0.467 e. The Labute approximate surface area is 115 Å². The smallest absolute Gasteiger partial charge is 0.330 e. The number of ether oxygens (including phenoxy) is 1. The first-order chi connectivity index (χ1) is 8.36. The van der Waals surface area contributed by atoms with Crippen LogP contribution in [0.5, 0.6) is 0 Å². The van der Waals surface area contributed by atoms with E-state index >= 15 is 0 Å². The number of hydrogen-bond donors (Lipinski definition) is 0. The molecule has 0 saturated carbocycles. The molecular weight excluding hydrogens is 279 g/mol. The van der Waals surface area contributed by atoms with Gasteiger partial charge in [0.15, 0.2) is 11.2 Å². The molecule has 0 aromatic carbocycles. The van der Waals surface area contributed by atoms with E-state index in [1.54, 1.807) is 0 Å². The van der Waals surface area contributed by atoms with E-state index in [4.69, 9.17) is 23.2 Å². The van der Waals surface area contributed by atoms with Crippen LogP contribution < -0.4 is 5.56 Å². The molecule has 1 rings (SSSR count). The molecule has 0 saturated heterocycles. The van der Waals surface area contributed by atoms with Crippen LogP contribution in [0.2, 0.25) is 10.2 Å². The van der Waals surface area contributed by atoms with Gasteiger partial charge in [-0.1, -0.05) is 37.0 Å². The Kier molecular flexibility index (Phi) is 5.16. The number of hydrogen-bond acceptors (Lipinski definition) is 4. The maximum atomic E-state index is 11.8. The van der Waals surface area contributed by atoms with Crippen LogP contribution in [-0.4, -0.2) is 22.9 Å². The summed E-state index contributed by atoms with van der Waals surface area (Å²) >= 11 is 11.4. The van der Waals surface area contributed by atoms with Gasteiger partial charge in [0, 0.05) is 6.07 Å². The van der Waals surface area contributed by atoms with E-state index in [1.807, 2.05) is 13.8 Å². The fourth-order valence-electron chi connectivity index (χ4n) is 1.53. The van der Waals surface area contributed by atoms with Crippen molar-refractivity contribution in [1.29, 1.82) is 0 Å². The predicted molar refractivity (Wildman–Crippen MR) is 69.0 cm³/mol. The number of rotatable bonds is 4. The van der Waals surface area contributed by atoms with Crippen LogP contribution in [0, 0.1) is 5.92 Å². The summed E-state index contributed by atoms with van der Waals surface area (Å²) in [6, 6.07) is 0.338. The molecule has 0 fully saturated rings. The Balaban J connectivity index is 3.24. The van der Waals surface area contributed by atoms with Gasteiger partial charge in [-0.2, -0.15) is 5.10 Å². The van der Waals surface area contributed by atoms with Crippen molar-refractivity contribution in [2.24, 2.45) is 5.92 Å². The quantitative estimate of drug-likeness (QED) is 0.799. The third-order valence-electron chi connectivity index (χ3n) is 2.33. The van der Waals surface area contributed by atoms with Crippen LogP contribution in [-0.2, 0) is 9.53 Å². The number of aromatic nitrogens is 2. The Morgan fingerprint density at radius 3 is 2.61 bits per heavy atom. The van der Waals surface area contributed by atoms with Crippen LogP contribution in [0.25, 0.3) is 0 Å². The monoisotopic (exact) mass is 292 g/mol. The maximum Gasteiger partial charge on any atom is 0.330 e. The van der Waals surface area contributed by atoms with E-state index in [1.165, 1.54) is 7.11 Å².